The Labute approximate surface area is 136 Å². The number of carbonyl (C=O) groups is 1. The summed E-state index contributed by atoms with van der Waals surface area (Å²) < 4.78 is 5.39. The van der Waals surface area contributed by atoms with Gasteiger partial charge in [-0.05, 0) is 31.5 Å². The summed E-state index contributed by atoms with van der Waals surface area (Å²) in [5.74, 6) is 0.620. The molecule has 1 heterocycles. The predicted octanol–water partition coefficient (Wildman–Crippen LogP) is 2.03. The zero-order valence-corrected chi connectivity index (χ0v) is 14.1. The molecule has 3 unspecified atom stereocenters. The fourth-order valence-electron chi connectivity index (χ4n) is 2.58. The summed E-state index contributed by atoms with van der Waals surface area (Å²) in [6, 6.07) is 5.54. The molecule has 0 saturated carbocycles. The van der Waals surface area contributed by atoms with Crippen LogP contribution in [-0.2, 0) is 4.79 Å². The third kappa shape index (κ3) is 3.84. The van der Waals surface area contributed by atoms with Gasteiger partial charge in [0.15, 0.2) is 0 Å². The first-order chi connectivity index (χ1) is 10.4. The Balaban J connectivity index is 2.01. The van der Waals surface area contributed by atoms with Crippen molar-refractivity contribution in [2.24, 2.45) is 11.7 Å². The third-order valence-electron chi connectivity index (χ3n) is 4.22. The molecule has 3 N–H and O–H groups in total. The first-order valence-corrected chi connectivity index (χ1v) is 7.94. The van der Waals surface area contributed by atoms with Crippen LogP contribution in [-0.4, -0.2) is 38.2 Å². The monoisotopic (exact) mass is 325 g/mol. The largest absolute Gasteiger partial charge is 0.495 e. The summed E-state index contributed by atoms with van der Waals surface area (Å²) in [7, 11) is 1.65. The molecule has 5 nitrogen and oxygen atoms in total. The third-order valence-corrected chi connectivity index (χ3v) is 4.45. The van der Waals surface area contributed by atoms with Crippen molar-refractivity contribution in [1.29, 1.82) is 0 Å². The Hall–Kier alpha value is -1.46. The lowest BCUT2D eigenvalue weighted by molar-refractivity contribution is -0.125. The molecule has 3 atom stereocenters. The highest BCUT2D eigenvalue weighted by atomic mass is 35.5. The second kappa shape index (κ2) is 7.20. The van der Waals surface area contributed by atoms with Crippen LogP contribution in [0.25, 0.3) is 0 Å². The van der Waals surface area contributed by atoms with Gasteiger partial charge in [0.05, 0.1) is 12.8 Å². The lowest BCUT2D eigenvalue weighted by Gasteiger charge is -2.23. The first kappa shape index (κ1) is 16.9. The van der Waals surface area contributed by atoms with Crippen molar-refractivity contribution in [2.75, 3.05) is 25.1 Å². The van der Waals surface area contributed by atoms with E-state index in [0.717, 1.165) is 30.9 Å². The fourth-order valence-corrected chi connectivity index (χ4v) is 2.74. The highest BCUT2D eigenvalue weighted by Crippen LogP contribution is 2.33. The van der Waals surface area contributed by atoms with Crippen molar-refractivity contribution in [3.8, 4) is 5.75 Å². The van der Waals surface area contributed by atoms with Crippen molar-refractivity contribution in [3.05, 3.63) is 23.2 Å². The van der Waals surface area contributed by atoms with Crippen LogP contribution >= 0.6 is 11.6 Å². The van der Waals surface area contributed by atoms with Gasteiger partial charge in [-0.15, -0.1) is 0 Å². The van der Waals surface area contributed by atoms with E-state index in [0.29, 0.717) is 5.02 Å². The van der Waals surface area contributed by atoms with Crippen LogP contribution in [0.4, 0.5) is 5.69 Å². The van der Waals surface area contributed by atoms with Crippen LogP contribution < -0.4 is 20.7 Å². The van der Waals surface area contributed by atoms with E-state index in [1.54, 1.807) is 7.11 Å². The molecule has 0 spiro atoms. The number of hydrogen-bond donors (Lipinski definition) is 2. The van der Waals surface area contributed by atoms with Crippen LogP contribution in [0.1, 0.15) is 20.3 Å². The smallest absolute Gasteiger partial charge is 0.224 e. The van der Waals surface area contributed by atoms with Crippen LogP contribution in [0.3, 0.4) is 0 Å². The van der Waals surface area contributed by atoms with Gasteiger partial charge in [0.25, 0.3) is 0 Å². The quantitative estimate of drug-likeness (QED) is 0.869. The summed E-state index contributed by atoms with van der Waals surface area (Å²) in [5, 5.41) is 3.75. The first-order valence-electron chi connectivity index (χ1n) is 7.56. The second-order valence-corrected chi connectivity index (χ2v) is 6.34. The molecular formula is C16H24ClN3O2. The maximum Gasteiger partial charge on any atom is 0.224 e. The van der Waals surface area contributed by atoms with Crippen LogP contribution in [0, 0.1) is 5.92 Å². The molecule has 1 aliphatic heterocycles. The normalized spacial score (nSPS) is 20.6. The van der Waals surface area contributed by atoms with Gasteiger partial charge in [0, 0.05) is 36.1 Å². The number of halogens is 1. The SMILES string of the molecule is COc1ccc(Cl)cc1N1CCC(NC(=O)C(C)C(C)N)C1. The number of nitrogens with zero attached hydrogens (tertiary/aromatic N) is 1. The second-order valence-electron chi connectivity index (χ2n) is 5.90. The van der Waals surface area contributed by atoms with E-state index >= 15 is 0 Å². The summed E-state index contributed by atoms with van der Waals surface area (Å²) in [5.41, 5.74) is 6.75. The number of rotatable bonds is 5. The zero-order valence-electron chi connectivity index (χ0n) is 13.3. The highest BCUT2D eigenvalue weighted by molar-refractivity contribution is 6.30. The number of amides is 1. The minimum atomic E-state index is -0.185. The molecule has 1 amide bonds. The number of hydrogen-bond acceptors (Lipinski definition) is 4. The van der Waals surface area contributed by atoms with Gasteiger partial charge >= 0.3 is 0 Å². The van der Waals surface area contributed by atoms with E-state index in [1.807, 2.05) is 32.0 Å². The number of anilines is 1. The van der Waals surface area contributed by atoms with E-state index in [9.17, 15) is 4.79 Å². The summed E-state index contributed by atoms with van der Waals surface area (Å²) >= 11 is 6.08. The van der Waals surface area contributed by atoms with Gasteiger partial charge in [-0.3, -0.25) is 4.79 Å². The fraction of sp³-hybridized carbons (Fsp3) is 0.562. The topological polar surface area (TPSA) is 67.6 Å². The molecule has 0 bridgehead atoms. The molecule has 0 aliphatic carbocycles. The molecule has 1 aliphatic rings. The Kier molecular flexibility index (Phi) is 5.53. The number of carbonyl (C=O) groups excluding carboxylic acids is 1. The Bertz CT molecular complexity index is 536. The van der Waals surface area contributed by atoms with Crippen molar-refractivity contribution < 1.29 is 9.53 Å². The molecule has 1 aromatic carbocycles. The van der Waals surface area contributed by atoms with Gasteiger partial charge in [-0.25, -0.2) is 0 Å². The molecule has 2 rings (SSSR count). The molecule has 0 aromatic heterocycles. The molecule has 1 aromatic rings. The minimum Gasteiger partial charge on any atom is -0.495 e. The Morgan fingerprint density at radius 1 is 1.50 bits per heavy atom. The average molecular weight is 326 g/mol. The minimum absolute atomic E-state index is 0.0138. The Morgan fingerprint density at radius 2 is 2.23 bits per heavy atom. The van der Waals surface area contributed by atoms with Gasteiger partial charge < -0.3 is 20.7 Å². The lowest BCUT2D eigenvalue weighted by Crippen LogP contribution is -2.44. The molecule has 6 heteroatoms. The van der Waals surface area contributed by atoms with Crippen molar-refractivity contribution in [3.63, 3.8) is 0 Å². The summed E-state index contributed by atoms with van der Waals surface area (Å²) in [4.78, 5) is 14.3. The van der Waals surface area contributed by atoms with Crippen molar-refractivity contribution >= 4 is 23.2 Å². The van der Waals surface area contributed by atoms with Crippen molar-refractivity contribution in [1.82, 2.24) is 5.32 Å². The van der Waals surface area contributed by atoms with Crippen LogP contribution in [0.15, 0.2) is 18.2 Å². The standard InChI is InChI=1S/C16H24ClN3O2/c1-10(11(2)18)16(21)19-13-6-7-20(9-13)14-8-12(17)4-5-15(14)22-3/h4-5,8,10-11,13H,6-7,9,18H2,1-3H3,(H,19,21). The molecule has 122 valence electrons. The van der Waals surface area contributed by atoms with Gasteiger partial charge in [0.2, 0.25) is 5.91 Å². The maximum absolute atomic E-state index is 12.1. The molecule has 22 heavy (non-hydrogen) atoms. The summed E-state index contributed by atoms with van der Waals surface area (Å²) in [6.07, 6.45) is 0.896. The lowest BCUT2D eigenvalue weighted by atomic mass is 10.0. The number of nitrogens with two attached hydrogens (primary N) is 1. The van der Waals surface area contributed by atoms with Crippen LogP contribution in [0.2, 0.25) is 5.02 Å². The molecule has 0 radical (unpaired) electrons. The molecular weight excluding hydrogens is 302 g/mol. The highest BCUT2D eigenvalue weighted by Gasteiger charge is 2.28. The van der Waals surface area contributed by atoms with E-state index < -0.39 is 0 Å². The maximum atomic E-state index is 12.1. The number of ether oxygens (including phenoxy) is 1. The van der Waals surface area contributed by atoms with E-state index in [1.165, 1.54) is 0 Å². The average Bonchev–Trinajstić information content (AvgIpc) is 2.94. The number of benzene rings is 1. The van der Waals surface area contributed by atoms with E-state index in [4.69, 9.17) is 22.1 Å². The Morgan fingerprint density at radius 3 is 2.86 bits per heavy atom. The number of nitrogens with one attached hydrogen (secondary N) is 1. The van der Waals surface area contributed by atoms with Gasteiger partial charge in [-0.1, -0.05) is 18.5 Å². The van der Waals surface area contributed by atoms with Crippen LogP contribution in [0.5, 0.6) is 5.75 Å². The van der Waals surface area contributed by atoms with Gasteiger partial charge in [0.1, 0.15) is 5.75 Å². The predicted molar refractivity (Wildman–Crippen MR) is 89.6 cm³/mol. The van der Waals surface area contributed by atoms with Gasteiger partial charge in [-0.2, -0.15) is 0 Å². The zero-order chi connectivity index (χ0) is 16.3. The molecule has 1 saturated heterocycles. The molecule has 1 fully saturated rings. The van der Waals surface area contributed by atoms with E-state index in [-0.39, 0.29) is 23.9 Å². The van der Waals surface area contributed by atoms with E-state index in [2.05, 4.69) is 10.2 Å². The van der Waals surface area contributed by atoms with Crippen molar-refractivity contribution in [2.45, 2.75) is 32.4 Å². The number of methoxy groups -OCH3 is 1. The summed E-state index contributed by atoms with van der Waals surface area (Å²) in [6.45, 7) is 5.30.